The standard InChI is InChI=1S/C19H27N5OS/c1-23(14-15-6-3-2-4-7-15)19(26)9-5-8-18-20-21-22-24(18)16-10-12-17(25)13-11-16/h2-4,6-7,16-17,25H,5,8-14H2,1H3. The second-order valence-electron chi connectivity index (χ2n) is 7.09. The van der Waals surface area contributed by atoms with Crippen LogP contribution in [-0.2, 0) is 13.0 Å². The Hall–Kier alpha value is -1.86. The molecule has 1 heterocycles. The van der Waals surface area contributed by atoms with Gasteiger partial charge in [0.05, 0.1) is 17.1 Å². The maximum Gasteiger partial charge on any atom is 0.151 e. The molecule has 3 rings (SSSR count). The predicted octanol–water partition coefficient (Wildman–Crippen LogP) is 2.93. The molecule has 0 saturated heterocycles. The van der Waals surface area contributed by atoms with E-state index in [1.54, 1.807) is 0 Å². The number of aryl methyl sites for hydroxylation is 1. The SMILES string of the molecule is CN(Cc1ccccc1)C(=S)CCCc1nnnn1C1CCC(O)CC1. The van der Waals surface area contributed by atoms with E-state index in [-0.39, 0.29) is 6.10 Å². The zero-order chi connectivity index (χ0) is 18.4. The largest absolute Gasteiger partial charge is 0.393 e. The zero-order valence-corrected chi connectivity index (χ0v) is 16.1. The maximum absolute atomic E-state index is 9.67. The van der Waals surface area contributed by atoms with Gasteiger partial charge in [-0.05, 0) is 54.5 Å². The number of aliphatic hydroxyl groups excluding tert-OH is 1. The summed E-state index contributed by atoms with van der Waals surface area (Å²) in [5, 5.41) is 21.9. The number of hydrogen-bond donors (Lipinski definition) is 1. The fourth-order valence-corrected chi connectivity index (χ4v) is 3.71. The molecule has 1 aliphatic rings. The van der Waals surface area contributed by atoms with Crippen LogP contribution in [0.2, 0.25) is 0 Å². The van der Waals surface area contributed by atoms with Crippen molar-refractivity contribution in [3.8, 4) is 0 Å². The van der Waals surface area contributed by atoms with Gasteiger partial charge in [-0.1, -0.05) is 42.5 Å². The van der Waals surface area contributed by atoms with E-state index in [1.807, 2.05) is 17.8 Å². The molecular formula is C19H27N5OS. The van der Waals surface area contributed by atoms with Gasteiger partial charge in [-0.2, -0.15) is 0 Å². The number of rotatable bonds is 7. The molecule has 0 amide bonds. The highest BCUT2D eigenvalue weighted by atomic mass is 32.1. The van der Waals surface area contributed by atoms with Gasteiger partial charge in [-0.25, -0.2) is 4.68 Å². The molecule has 1 fully saturated rings. The highest BCUT2D eigenvalue weighted by Crippen LogP contribution is 2.28. The number of tetrazole rings is 1. The smallest absolute Gasteiger partial charge is 0.151 e. The van der Waals surface area contributed by atoms with E-state index < -0.39 is 0 Å². The molecule has 26 heavy (non-hydrogen) atoms. The lowest BCUT2D eigenvalue weighted by atomic mass is 9.93. The third-order valence-corrected chi connectivity index (χ3v) is 5.57. The summed E-state index contributed by atoms with van der Waals surface area (Å²) in [6, 6.07) is 10.7. The first-order valence-corrected chi connectivity index (χ1v) is 9.77. The molecule has 1 aromatic carbocycles. The topological polar surface area (TPSA) is 67.1 Å². The molecule has 0 unspecified atom stereocenters. The molecule has 6 nitrogen and oxygen atoms in total. The first-order chi connectivity index (χ1) is 12.6. The highest BCUT2D eigenvalue weighted by molar-refractivity contribution is 7.80. The molecule has 0 spiro atoms. The Bertz CT molecular complexity index is 697. The van der Waals surface area contributed by atoms with Crippen LogP contribution in [0.25, 0.3) is 0 Å². The minimum atomic E-state index is -0.163. The number of aromatic nitrogens is 4. The van der Waals surface area contributed by atoms with Crippen molar-refractivity contribution in [2.24, 2.45) is 0 Å². The van der Waals surface area contributed by atoms with Gasteiger partial charge in [0.2, 0.25) is 0 Å². The van der Waals surface area contributed by atoms with Crippen LogP contribution < -0.4 is 0 Å². The van der Waals surface area contributed by atoms with E-state index in [2.05, 4.69) is 44.7 Å². The summed E-state index contributed by atoms with van der Waals surface area (Å²) >= 11 is 5.58. The molecule has 1 N–H and O–H groups in total. The molecule has 140 valence electrons. The van der Waals surface area contributed by atoms with Gasteiger partial charge < -0.3 is 10.0 Å². The van der Waals surface area contributed by atoms with Gasteiger partial charge in [0, 0.05) is 20.0 Å². The van der Waals surface area contributed by atoms with E-state index >= 15 is 0 Å². The Morgan fingerprint density at radius 2 is 1.96 bits per heavy atom. The third kappa shape index (κ3) is 5.08. The second kappa shape index (κ2) is 9.19. The van der Waals surface area contributed by atoms with Crippen molar-refractivity contribution < 1.29 is 5.11 Å². The molecule has 0 atom stereocenters. The van der Waals surface area contributed by atoms with Gasteiger partial charge in [-0.3, -0.25) is 0 Å². The van der Waals surface area contributed by atoms with Gasteiger partial charge in [-0.15, -0.1) is 5.10 Å². The van der Waals surface area contributed by atoms with Crippen molar-refractivity contribution in [2.45, 2.75) is 63.6 Å². The van der Waals surface area contributed by atoms with E-state index in [9.17, 15) is 5.11 Å². The first-order valence-electron chi connectivity index (χ1n) is 9.36. The number of hydrogen-bond acceptors (Lipinski definition) is 5. The highest BCUT2D eigenvalue weighted by Gasteiger charge is 2.23. The number of benzene rings is 1. The van der Waals surface area contributed by atoms with Crippen LogP contribution in [0.4, 0.5) is 0 Å². The van der Waals surface area contributed by atoms with Crippen LogP contribution in [0.3, 0.4) is 0 Å². The molecule has 2 aromatic rings. The summed E-state index contributed by atoms with van der Waals surface area (Å²) in [6.45, 7) is 0.835. The quantitative estimate of drug-likeness (QED) is 0.753. The van der Waals surface area contributed by atoms with E-state index in [0.717, 1.165) is 62.3 Å². The Morgan fingerprint density at radius 3 is 2.69 bits per heavy atom. The van der Waals surface area contributed by atoms with Crippen molar-refractivity contribution in [1.82, 2.24) is 25.1 Å². The minimum Gasteiger partial charge on any atom is -0.393 e. The van der Waals surface area contributed by atoms with Crippen LogP contribution in [-0.4, -0.2) is 48.4 Å². The Morgan fingerprint density at radius 1 is 1.23 bits per heavy atom. The van der Waals surface area contributed by atoms with Crippen LogP contribution in [0, 0.1) is 0 Å². The van der Waals surface area contributed by atoms with Gasteiger partial charge in [0.15, 0.2) is 5.82 Å². The summed E-state index contributed by atoms with van der Waals surface area (Å²) in [7, 11) is 2.05. The summed E-state index contributed by atoms with van der Waals surface area (Å²) < 4.78 is 1.96. The first kappa shape index (κ1) is 18.9. The maximum atomic E-state index is 9.67. The number of aliphatic hydroxyl groups is 1. The summed E-state index contributed by atoms with van der Waals surface area (Å²) in [5.74, 6) is 0.930. The van der Waals surface area contributed by atoms with E-state index in [4.69, 9.17) is 12.2 Å². The van der Waals surface area contributed by atoms with Crippen molar-refractivity contribution in [3.05, 3.63) is 41.7 Å². The summed E-state index contributed by atoms with van der Waals surface area (Å²) in [4.78, 5) is 3.10. The number of thiocarbonyl (C=S) groups is 1. The van der Waals surface area contributed by atoms with E-state index in [1.165, 1.54) is 5.56 Å². The lowest BCUT2D eigenvalue weighted by molar-refractivity contribution is 0.106. The van der Waals surface area contributed by atoms with Crippen LogP contribution in [0.1, 0.15) is 56.0 Å². The zero-order valence-electron chi connectivity index (χ0n) is 15.3. The van der Waals surface area contributed by atoms with Crippen molar-refractivity contribution in [3.63, 3.8) is 0 Å². The molecule has 7 heteroatoms. The molecule has 1 saturated carbocycles. The monoisotopic (exact) mass is 373 g/mol. The van der Waals surface area contributed by atoms with Crippen LogP contribution in [0.5, 0.6) is 0 Å². The van der Waals surface area contributed by atoms with Crippen molar-refractivity contribution in [1.29, 1.82) is 0 Å². The third-order valence-electron chi connectivity index (χ3n) is 5.05. The normalized spacial score (nSPS) is 20.1. The molecule has 0 aliphatic heterocycles. The Labute approximate surface area is 160 Å². The molecule has 1 aromatic heterocycles. The molecule has 0 radical (unpaired) electrons. The van der Waals surface area contributed by atoms with Crippen molar-refractivity contribution in [2.75, 3.05) is 7.05 Å². The molecular weight excluding hydrogens is 346 g/mol. The average Bonchev–Trinajstić information content (AvgIpc) is 3.11. The van der Waals surface area contributed by atoms with Gasteiger partial charge >= 0.3 is 0 Å². The Kier molecular flexibility index (Phi) is 6.68. The summed E-state index contributed by atoms with van der Waals surface area (Å²) in [6.07, 6.45) is 6.00. The molecule has 1 aliphatic carbocycles. The Balaban J connectivity index is 1.46. The lowest BCUT2D eigenvalue weighted by Crippen LogP contribution is -2.25. The average molecular weight is 374 g/mol. The predicted molar refractivity (Wildman–Crippen MR) is 105 cm³/mol. The van der Waals surface area contributed by atoms with E-state index in [0.29, 0.717) is 6.04 Å². The minimum absolute atomic E-state index is 0.163. The second-order valence-corrected chi connectivity index (χ2v) is 7.56. The fourth-order valence-electron chi connectivity index (χ4n) is 3.50. The lowest BCUT2D eigenvalue weighted by Gasteiger charge is -2.25. The fraction of sp³-hybridized carbons (Fsp3) is 0.579. The van der Waals surface area contributed by atoms with Gasteiger partial charge in [0.1, 0.15) is 0 Å². The van der Waals surface area contributed by atoms with Crippen molar-refractivity contribution >= 4 is 17.2 Å². The van der Waals surface area contributed by atoms with Crippen LogP contribution in [0.15, 0.2) is 30.3 Å². The summed E-state index contributed by atoms with van der Waals surface area (Å²) in [5.41, 5.74) is 1.26. The molecule has 0 bridgehead atoms. The van der Waals surface area contributed by atoms with Gasteiger partial charge in [0.25, 0.3) is 0 Å². The van der Waals surface area contributed by atoms with Crippen LogP contribution >= 0.6 is 12.2 Å². The number of nitrogens with zero attached hydrogens (tertiary/aromatic N) is 5.